The monoisotopic (exact) mass is 475 g/mol. The zero-order valence-electron chi connectivity index (χ0n) is 19.6. The van der Waals surface area contributed by atoms with Crippen LogP contribution < -0.4 is 15.8 Å². The highest BCUT2D eigenvalue weighted by Crippen LogP contribution is 2.26. The maximum atomic E-state index is 13.5. The van der Waals surface area contributed by atoms with Gasteiger partial charge in [-0.2, -0.15) is 0 Å². The van der Waals surface area contributed by atoms with Crippen LogP contribution >= 0.6 is 0 Å². The van der Waals surface area contributed by atoms with E-state index in [-0.39, 0.29) is 12.3 Å². The quantitative estimate of drug-likeness (QED) is 0.316. The number of nitrogens with one attached hydrogen (secondary N) is 1. The first kappa shape index (κ1) is 23.1. The number of benzene rings is 4. The predicted octanol–water partition coefficient (Wildman–Crippen LogP) is 4.79. The summed E-state index contributed by atoms with van der Waals surface area (Å²) in [5.74, 6) is -0.302. The van der Waals surface area contributed by atoms with Gasteiger partial charge in [0.25, 0.3) is 5.91 Å². The molecule has 6 nitrogen and oxygen atoms in total. The molecule has 0 bridgehead atoms. The van der Waals surface area contributed by atoms with Gasteiger partial charge >= 0.3 is 0 Å². The summed E-state index contributed by atoms with van der Waals surface area (Å²) in [7, 11) is 0. The average molecular weight is 476 g/mol. The predicted molar refractivity (Wildman–Crippen MR) is 141 cm³/mol. The van der Waals surface area contributed by atoms with Gasteiger partial charge in [0.05, 0.1) is 16.6 Å². The first-order valence-electron chi connectivity index (χ1n) is 11.7. The fourth-order valence-electron chi connectivity index (χ4n) is 4.28. The van der Waals surface area contributed by atoms with Crippen LogP contribution in [0.4, 0.5) is 0 Å². The summed E-state index contributed by atoms with van der Waals surface area (Å²) in [6.07, 6.45) is 0.241. The Kier molecular flexibility index (Phi) is 6.58. The van der Waals surface area contributed by atoms with E-state index >= 15 is 0 Å². The summed E-state index contributed by atoms with van der Waals surface area (Å²) in [4.78, 5) is 30.6. The molecule has 1 aromatic heterocycles. The van der Waals surface area contributed by atoms with Crippen molar-refractivity contribution in [2.75, 3.05) is 0 Å². The van der Waals surface area contributed by atoms with E-state index in [9.17, 15) is 9.59 Å². The van der Waals surface area contributed by atoms with E-state index in [2.05, 4.69) is 10.3 Å². The third-order valence-electron chi connectivity index (χ3n) is 6.05. The lowest BCUT2D eigenvalue weighted by molar-refractivity contribution is -0.119. The number of nitrogens with zero attached hydrogens (tertiary/aromatic N) is 1. The Labute approximate surface area is 208 Å². The van der Waals surface area contributed by atoms with E-state index in [1.54, 1.807) is 0 Å². The number of nitrogens with two attached hydrogens (primary N) is 1. The standard InChI is InChI=1S/C30H25N3O3/c31-29(34)27(18-21-11-8-12-22(17-21)36-19-20-9-2-1-3-10-20)33-30(35)28-23-13-4-6-15-25(23)32-26-16-7-5-14-24(26)28/h1-17,27H,18-19H2,(H2,31,34)(H,33,35)/t27-/m0/s1. The molecule has 0 radical (unpaired) electrons. The van der Waals surface area contributed by atoms with Crippen molar-refractivity contribution in [2.45, 2.75) is 19.1 Å². The molecule has 0 aliphatic rings. The molecule has 178 valence electrons. The summed E-state index contributed by atoms with van der Waals surface area (Å²) in [5, 5.41) is 4.29. The molecular formula is C30H25N3O3. The summed E-state index contributed by atoms with van der Waals surface area (Å²) in [6, 6.07) is 31.4. The van der Waals surface area contributed by atoms with Crippen LogP contribution in [0.2, 0.25) is 0 Å². The van der Waals surface area contributed by atoms with Crippen LogP contribution in [-0.2, 0) is 17.8 Å². The third kappa shape index (κ3) is 5.03. The van der Waals surface area contributed by atoms with Gasteiger partial charge in [0.1, 0.15) is 18.4 Å². The summed E-state index contributed by atoms with van der Waals surface area (Å²) >= 11 is 0. The summed E-state index contributed by atoms with van der Waals surface area (Å²) < 4.78 is 5.91. The molecule has 5 rings (SSSR count). The number of aromatic nitrogens is 1. The number of carbonyl (C=O) groups is 2. The second kappa shape index (κ2) is 10.3. The van der Waals surface area contributed by atoms with Crippen LogP contribution in [0.25, 0.3) is 21.8 Å². The van der Waals surface area contributed by atoms with Crippen LogP contribution in [0.1, 0.15) is 21.5 Å². The van der Waals surface area contributed by atoms with Crippen molar-refractivity contribution in [1.29, 1.82) is 0 Å². The molecule has 0 aliphatic carbocycles. The average Bonchev–Trinajstić information content (AvgIpc) is 2.91. The number of hydrogen-bond acceptors (Lipinski definition) is 4. The van der Waals surface area contributed by atoms with Gasteiger partial charge in [-0.3, -0.25) is 9.59 Å². The Hall–Kier alpha value is -4.71. The van der Waals surface area contributed by atoms with Crippen molar-refractivity contribution in [2.24, 2.45) is 5.73 Å². The molecule has 1 heterocycles. The molecule has 36 heavy (non-hydrogen) atoms. The lowest BCUT2D eigenvalue weighted by Gasteiger charge is -2.18. The van der Waals surface area contributed by atoms with Crippen LogP contribution in [0, 0.1) is 0 Å². The van der Waals surface area contributed by atoms with Gasteiger partial charge in [0.2, 0.25) is 5.91 Å². The molecule has 0 aliphatic heterocycles. The topological polar surface area (TPSA) is 94.3 Å². The van der Waals surface area contributed by atoms with Crippen molar-refractivity contribution < 1.29 is 14.3 Å². The van der Waals surface area contributed by atoms with Gasteiger partial charge < -0.3 is 15.8 Å². The summed E-state index contributed by atoms with van der Waals surface area (Å²) in [6.45, 7) is 0.433. The minimum atomic E-state index is -0.896. The zero-order chi connectivity index (χ0) is 24.9. The number of amides is 2. The molecule has 2 amide bonds. The van der Waals surface area contributed by atoms with Crippen LogP contribution in [0.3, 0.4) is 0 Å². The Morgan fingerprint density at radius 3 is 2.06 bits per heavy atom. The number of para-hydroxylation sites is 2. The minimum Gasteiger partial charge on any atom is -0.489 e. The SMILES string of the molecule is NC(=O)[C@H](Cc1cccc(OCc2ccccc2)c1)NC(=O)c1c2ccccc2nc2ccccc12. The number of carbonyl (C=O) groups excluding carboxylic acids is 2. The fraction of sp³-hybridized carbons (Fsp3) is 0.100. The molecule has 6 heteroatoms. The van der Waals surface area contributed by atoms with Crippen molar-refractivity contribution in [3.63, 3.8) is 0 Å². The largest absolute Gasteiger partial charge is 0.489 e. The van der Waals surface area contributed by atoms with Gasteiger partial charge in [0, 0.05) is 17.2 Å². The van der Waals surface area contributed by atoms with E-state index in [0.29, 0.717) is 39.7 Å². The summed E-state index contributed by atoms with van der Waals surface area (Å²) in [5.41, 5.74) is 9.49. The Bertz CT molecular complexity index is 1500. The van der Waals surface area contributed by atoms with Crippen molar-refractivity contribution in [3.8, 4) is 5.75 Å². The van der Waals surface area contributed by atoms with Gasteiger partial charge in [-0.15, -0.1) is 0 Å². The van der Waals surface area contributed by atoms with E-state index in [1.165, 1.54) is 0 Å². The third-order valence-corrected chi connectivity index (χ3v) is 6.05. The van der Waals surface area contributed by atoms with Gasteiger partial charge in [-0.05, 0) is 35.4 Å². The van der Waals surface area contributed by atoms with E-state index in [0.717, 1.165) is 11.1 Å². The molecular weight excluding hydrogens is 450 g/mol. The van der Waals surface area contributed by atoms with E-state index in [1.807, 2.05) is 103 Å². The maximum Gasteiger partial charge on any atom is 0.253 e. The first-order valence-corrected chi connectivity index (χ1v) is 11.7. The molecule has 0 fully saturated rings. The first-order chi connectivity index (χ1) is 17.6. The lowest BCUT2D eigenvalue weighted by atomic mass is 10.0. The maximum absolute atomic E-state index is 13.5. The van der Waals surface area contributed by atoms with E-state index < -0.39 is 11.9 Å². The smallest absolute Gasteiger partial charge is 0.253 e. The zero-order valence-corrected chi connectivity index (χ0v) is 19.6. The number of fused-ring (bicyclic) bond motifs is 2. The van der Waals surface area contributed by atoms with E-state index in [4.69, 9.17) is 10.5 Å². The molecule has 1 atom stereocenters. The van der Waals surface area contributed by atoms with Gasteiger partial charge in [-0.25, -0.2) is 4.98 Å². The highest BCUT2D eigenvalue weighted by molar-refractivity contribution is 6.16. The van der Waals surface area contributed by atoms with Crippen molar-refractivity contribution >= 4 is 33.6 Å². The Balaban J connectivity index is 1.38. The number of rotatable bonds is 8. The molecule has 0 saturated carbocycles. The van der Waals surface area contributed by atoms with Gasteiger partial charge in [-0.1, -0.05) is 78.9 Å². The lowest BCUT2D eigenvalue weighted by Crippen LogP contribution is -2.46. The Morgan fingerprint density at radius 1 is 0.778 bits per heavy atom. The number of primary amides is 1. The molecule has 3 N–H and O–H groups in total. The number of hydrogen-bond donors (Lipinski definition) is 2. The highest BCUT2D eigenvalue weighted by Gasteiger charge is 2.23. The molecule has 0 spiro atoms. The van der Waals surface area contributed by atoms with Crippen molar-refractivity contribution in [1.82, 2.24) is 10.3 Å². The van der Waals surface area contributed by atoms with Crippen LogP contribution in [0.15, 0.2) is 103 Å². The molecule has 0 saturated heterocycles. The number of ether oxygens (including phenoxy) is 1. The van der Waals surface area contributed by atoms with Crippen molar-refractivity contribution in [3.05, 3.63) is 120 Å². The Morgan fingerprint density at radius 2 is 1.39 bits per heavy atom. The second-order valence-electron chi connectivity index (χ2n) is 8.58. The van der Waals surface area contributed by atoms with Crippen LogP contribution in [-0.4, -0.2) is 22.8 Å². The molecule has 4 aromatic carbocycles. The normalized spacial score (nSPS) is 11.8. The van der Waals surface area contributed by atoms with Gasteiger partial charge in [0.15, 0.2) is 0 Å². The fourth-order valence-corrected chi connectivity index (χ4v) is 4.28. The minimum absolute atomic E-state index is 0.241. The highest BCUT2D eigenvalue weighted by atomic mass is 16.5. The molecule has 5 aromatic rings. The van der Waals surface area contributed by atoms with Crippen LogP contribution in [0.5, 0.6) is 5.75 Å². The second-order valence-corrected chi connectivity index (χ2v) is 8.58. The molecule has 0 unspecified atom stereocenters. The number of pyridine rings is 1.